The highest BCUT2D eigenvalue weighted by Crippen LogP contribution is 2.29. The van der Waals surface area contributed by atoms with E-state index in [9.17, 15) is 4.79 Å². The van der Waals surface area contributed by atoms with Crippen LogP contribution in [-0.2, 0) is 16.0 Å². The number of ether oxygens (including phenoxy) is 2. The van der Waals surface area contributed by atoms with E-state index in [1.54, 1.807) is 6.20 Å². The zero-order chi connectivity index (χ0) is 19.6. The zero-order valence-corrected chi connectivity index (χ0v) is 16.6. The molecule has 28 heavy (non-hydrogen) atoms. The molecule has 1 saturated heterocycles. The molecule has 1 fully saturated rings. The van der Waals surface area contributed by atoms with Gasteiger partial charge in [0.05, 0.1) is 12.6 Å². The second kappa shape index (κ2) is 10.8. The molecule has 2 heterocycles. The number of benzene rings is 1. The van der Waals surface area contributed by atoms with Gasteiger partial charge in [0.15, 0.2) is 0 Å². The Morgan fingerprint density at radius 1 is 1.25 bits per heavy atom. The second-order valence-corrected chi connectivity index (χ2v) is 7.27. The van der Waals surface area contributed by atoms with Crippen molar-refractivity contribution in [1.82, 2.24) is 10.3 Å². The molecule has 1 amide bonds. The molecule has 0 radical (unpaired) electrons. The van der Waals surface area contributed by atoms with E-state index < -0.39 is 0 Å². The molecule has 0 aliphatic carbocycles. The lowest BCUT2D eigenvalue weighted by atomic mass is 9.87. The summed E-state index contributed by atoms with van der Waals surface area (Å²) in [7, 11) is 0. The minimum atomic E-state index is -0.00470. The van der Waals surface area contributed by atoms with Crippen LogP contribution in [-0.4, -0.2) is 30.7 Å². The Morgan fingerprint density at radius 3 is 2.71 bits per heavy atom. The Bertz CT molecular complexity index is 712. The molecule has 0 bridgehead atoms. The van der Waals surface area contributed by atoms with Crippen LogP contribution < -0.4 is 10.1 Å². The maximum Gasteiger partial charge on any atom is 0.220 e. The summed E-state index contributed by atoms with van der Waals surface area (Å²) in [6.45, 7) is 4.32. The Kier molecular flexibility index (Phi) is 7.85. The van der Waals surface area contributed by atoms with Gasteiger partial charge in [0.2, 0.25) is 5.91 Å². The highest BCUT2D eigenvalue weighted by atomic mass is 16.5. The topological polar surface area (TPSA) is 60.5 Å². The number of nitrogens with one attached hydrogen (secondary N) is 1. The highest BCUT2D eigenvalue weighted by molar-refractivity contribution is 5.76. The minimum absolute atomic E-state index is 0.00470. The molecule has 0 saturated carbocycles. The minimum Gasteiger partial charge on any atom is -0.494 e. The molecule has 5 heteroatoms. The zero-order valence-electron chi connectivity index (χ0n) is 16.6. The number of aryl methyl sites for hydroxylation is 1. The first-order valence-electron chi connectivity index (χ1n) is 10.2. The number of carbonyl (C=O) groups is 1. The van der Waals surface area contributed by atoms with Gasteiger partial charge in [0.1, 0.15) is 5.75 Å². The summed E-state index contributed by atoms with van der Waals surface area (Å²) in [5.74, 6) is 1.34. The Labute approximate surface area is 167 Å². The smallest absolute Gasteiger partial charge is 0.220 e. The van der Waals surface area contributed by atoms with Crippen molar-refractivity contribution in [2.75, 3.05) is 19.8 Å². The maximum absolute atomic E-state index is 12.7. The number of carbonyl (C=O) groups excluding carboxylic acids is 1. The van der Waals surface area contributed by atoms with Crippen LogP contribution in [0.25, 0.3) is 0 Å². The van der Waals surface area contributed by atoms with Crippen molar-refractivity contribution in [3.63, 3.8) is 0 Å². The summed E-state index contributed by atoms with van der Waals surface area (Å²) in [5.41, 5.74) is 2.21. The number of aromatic nitrogens is 1. The van der Waals surface area contributed by atoms with E-state index in [0.717, 1.165) is 56.0 Å². The van der Waals surface area contributed by atoms with Gasteiger partial charge in [-0.3, -0.25) is 9.78 Å². The van der Waals surface area contributed by atoms with Crippen LogP contribution in [0.5, 0.6) is 5.75 Å². The van der Waals surface area contributed by atoms with Crippen molar-refractivity contribution in [3.05, 3.63) is 59.9 Å². The van der Waals surface area contributed by atoms with Crippen LogP contribution in [0.4, 0.5) is 0 Å². The van der Waals surface area contributed by atoms with Gasteiger partial charge in [-0.25, -0.2) is 0 Å². The Hall–Kier alpha value is -2.40. The average molecular weight is 383 g/mol. The van der Waals surface area contributed by atoms with Crippen molar-refractivity contribution >= 4 is 5.91 Å². The first-order chi connectivity index (χ1) is 13.8. The van der Waals surface area contributed by atoms with Gasteiger partial charge in [-0.15, -0.1) is 0 Å². The summed E-state index contributed by atoms with van der Waals surface area (Å²) >= 11 is 0. The summed E-state index contributed by atoms with van der Waals surface area (Å²) in [6, 6.07) is 12.0. The van der Waals surface area contributed by atoms with E-state index in [1.807, 2.05) is 42.6 Å². The predicted octanol–water partition coefficient (Wildman–Crippen LogP) is 4.09. The Morgan fingerprint density at radius 2 is 2.04 bits per heavy atom. The Balaban J connectivity index is 1.56. The lowest BCUT2D eigenvalue weighted by molar-refractivity contribution is -0.122. The fourth-order valence-electron chi connectivity index (χ4n) is 3.56. The highest BCUT2D eigenvalue weighted by Gasteiger charge is 2.27. The molecular formula is C23H30N2O3. The van der Waals surface area contributed by atoms with Crippen LogP contribution in [0.1, 0.15) is 49.8 Å². The molecule has 1 atom stereocenters. The predicted molar refractivity (Wildman–Crippen MR) is 109 cm³/mol. The third-order valence-electron chi connectivity index (χ3n) is 5.13. The molecule has 3 rings (SSSR count). The summed E-state index contributed by atoms with van der Waals surface area (Å²) in [6.07, 6.45) is 7.71. The maximum atomic E-state index is 12.7. The third kappa shape index (κ3) is 6.06. The molecule has 1 aromatic carbocycles. The van der Waals surface area contributed by atoms with Gasteiger partial charge in [-0.2, -0.15) is 0 Å². The van der Waals surface area contributed by atoms with Gasteiger partial charge in [-0.1, -0.05) is 25.1 Å². The second-order valence-electron chi connectivity index (χ2n) is 7.27. The van der Waals surface area contributed by atoms with Crippen molar-refractivity contribution in [2.45, 2.75) is 45.1 Å². The van der Waals surface area contributed by atoms with Gasteiger partial charge in [0, 0.05) is 32.0 Å². The van der Waals surface area contributed by atoms with Gasteiger partial charge in [-0.05, 0) is 60.9 Å². The average Bonchev–Trinajstić information content (AvgIpc) is 2.76. The number of hydrogen-bond acceptors (Lipinski definition) is 4. The number of rotatable bonds is 9. The molecular weight excluding hydrogens is 352 g/mol. The first-order valence-corrected chi connectivity index (χ1v) is 10.2. The number of pyridine rings is 1. The number of hydrogen-bond donors (Lipinski definition) is 1. The van der Waals surface area contributed by atoms with E-state index in [-0.39, 0.29) is 11.9 Å². The van der Waals surface area contributed by atoms with E-state index in [4.69, 9.17) is 9.47 Å². The molecule has 1 aromatic heterocycles. The van der Waals surface area contributed by atoms with Crippen molar-refractivity contribution in [3.8, 4) is 5.75 Å². The lowest BCUT2D eigenvalue weighted by Crippen LogP contribution is -2.36. The van der Waals surface area contributed by atoms with Crippen LogP contribution in [0.3, 0.4) is 0 Å². The molecule has 5 nitrogen and oxygen atoms in total. The molecule has 0 spiro atoms. The molecule has 2 aromatic rings. The molecule has 1 aliphatic rings. The number of nitrogens with zero attached hydrogens (tertiary/aromatic N) is 1. The fraction of sp³-hybridized carbons (Fsp3) is 0.478. The first kappa shape index (κ1) is 20.3. The van der Waals surface area contributed by atoms with Crippen molar-refractivity contribution in [2.24, 2.45) is 5.92 Å². The van der Waals surface area contributed by atoms with Crippen LogP contribution >= 0.6 is 0 Å². The lowest BCUT2D eigenvalue weighted by Gasteiger charge is -2.31. The third-order valence-corrected chi connectivity index (χ3v) is 5.13. The van der Waals surface area contributed by atoms with E-state index >= 15 is 0 Å². The SMILES string of the molecule is CCCOc1ccc(CCC(=O)NC(c2cccnc2)C2CCOCC2)cc1. The summed E-state index contributed by atoms with van der Waals surface area (Å²) < 4.78 is 11.1. The van der Waals surface area contributed by atoms with E-state index in [0.29, 0.717) is 18.8 Å². The molecule has 150 valence electrons. The van der Waals surface area contributed by atoms with Crippen LogP contribution in [0, 0.1) is 5.92 Å². The fourth-order valence-corrected chi connectivity index (χ4v) is 3.56. The van der Waals surface area contributed by atoms with E-state index in [1.165, 1.54) is 0 Å². The van der Waals surface area contributed by atoms with Crippen molar-refractivity contribution in [1.29, 1.82) is 0 Å². The molecule has 1 N–H and O–H groups in total. The van der Waals surface area contributed by atoms with Crippen molar-refractivity contribution < 1.29 is 14.3 Å². The normalized spacial score (nSPS) is 15.8. The van der Waals surface area contributed by atoms with Gasteiger partial charge in [0.25, 0.3) is 0 Å². The largest absolute Gasteiger partial charge is 0.494 e. The molecule has 1 unspecified atom stereocenters. The van der Waals surface area contributed by atoms with Crippen LogP contribution in [0.2, 0.25) is 0 Å². The van der Waals surface area contributed by atoms with Gasteiger partial charge >= 0.3 is 0 Å². The monoisotopic (exact) mass is 382 g/mol. The van der Waals surface area contributed by atoms with Gasteiger partial charge < -0.3 is 14.8 Å². The number of amides is 1. The van der Waals surface area contributed by atoms with E-state index in [2.05, 4.69) is 17.2 Å². The summed E-state index contributed by atoms with van der Waals surface area (Å²) in [5, 5.41) is 3.25. The summed E-state index contributed by atoms with van der Waals surface area (Å²) in [4.78, 5) is 16.9. The molecule has 1 aliphatic heterocycles. The standard InChI is InChI=1S/C23H30N2O3/c1-2-14-28-21-8-5-18(6-9-21)7-10-22(26)25-23(19-11-15-27-16-12-19)20-4-3-13-24-17-20/h3-6,8-9,13,17,19,23H,2,7,10-12,14-16H2,1H3,(H,25,26). The van der Waals surface area contributed by atoms with Crippen LogP contribution in [0.15, 0.2) is 48.8 Å². The quantitative estimate of drug-likeness (QED) is 0.710.